The second kappa shape index (κ2) is 7.91. The van der Waals surface area contributed by atoms with Gasteiger partial charge in [-0.3, -0.25) is 28.7 Å². The molecule has 0 unspecified atom stereocenters. The molecule has 0 aliphatic rings. The van der Waals surface area contributed by atoms with E-state index in [1.54, 1.807) is 11.6 Å². The van der Waals surface area contributed by atoms with Crippen molar-refractivity contribution in [3.63, 3.8) is 0 Å². The Bertz CT molecular complexity index is 1380. The van der Waals surface area contributed by atoms with Crippen LogP contribution in [0.5, 0.6) is 0 Å². The number of hydrogen-bond donors (Lipinski definition) is 0. The van der Waals surface area contributed by atoms with Gasteiger partial charge in [0.2, 0.25) is 0 Å². The number of rotatable bonds is 7. The van der Waals surface area contributed by atoms with Gasteiger partial charge in [-0.2, -0.15) is 0 Å². The van der Waals surface area contributed by atoms with E-state index < -0.39 is 16.6 Å². The number of thiazole rings is 1. The first-order valence-electron chi connectivity index (χ1n) is 8.81. The fraction of sp³-hybridized carbons (Fsp3) is 0.222. The molecule has 0 atom stereocenters. The quantitative estimate of drug-likeness (QED) is 0.247. The molecule has 0 radical (unpaired) electrons. The minimum absolute atomic E-state index is 0.0341. The molecule has 1 aromatic carbocycles. The monoisotopic (exact) mass is 430 g/mol. The van der Waals surface area contributed by atoms with Crippen molar-refractivity contribution in [1.82, 2.24) is 14.0 Å². The Morgan fingerprint density at radius 2 is 2.13 bits per heavy atom. The van der Waals surface area contributed by atoms with Crippen molar-refractivity contribution in [2.75, 3.05) is 0 Å². The van der Waals surface area contributed by atoms with Crippen LogP contribution in [0.2, 0.25) is 0 Å². The summed E-state index contributed by atoms with van der Waals surface area (Å²) >= 11 is 1.30. The Labute approximate surface area is 170 Å². The molecule has 4 rings (SSSR count). The Morgan fingerprint density at radius 1 is 1.30 bits per heavy atom. The number of oxazole rings is 1. The minimum Gasteiger partial charge on any atom is -0.459 e. The molecule has 0 aliphatic heterocycles. The highest BCUT2D eigenvalue weighted by molar-refractivity contribution is 7.15. The summed E-state index contributed by atoms with van der Waals surface area (Å²) in [6.07, 6.45) is 1.95. The summed E-state index contributed by atoms with van der Waals surface area (Å²) in [7, 11) is 0. The van der Waals surface area contributed by atoms with E-state index in [2.05, 4.69) is 4.98 Å². The first kappa shape index (κ1) is 19.5. The van der Waals surface area contributed by atoms with Gasteiger partial charge in [-0.05, 0) is 12.5 Å². The first-order valence-corrected chi connectivity index (χ1v) is 9.69. The SMILES string of the molecule is O=C(CCCn1c(=O)oc2cc([N+](=O)[O-])ccc21)OCc1cc(=O)n2ccsc2n1. The van der Waals surface area contributed by atoms with Crippen LogP contribution in [-0.4, -0.2) is 24.8 Å². The molecular formula is C18H14N4O7S. The highest BCUT2D eigenvalue weighted by Gasteiger charge is 2.14. The van der Waals surface area contributed by atoms with Crippen molar-refractivity contribution in [1.29, 1.82) is 0 Å². The maximum Gasteiger partial charge on any atom is 0.419 e. The molecule has 0 N–H and O–H groups in total. The van der Waals surface area contributed by atoms with Crippen molar-refractivity contribution in [2.45, 2.75) is 26.0 Å². The Kier molecular flexibility index (Phi) is 5.14. The third-order valence-electron chi connectivity index (χ3n) is 4.36. The molecule has 0 saturated carbocycles. The molecule has 3 heterocycles. The topological polar surface area (TPSA) is 139 Å². The predicted molar refractivity (Wildman–Crippen MR) is 105 cm³/mol. The van der Waals surface area contributed by atoms with Crippen LogP contribution in [0.3, 0.4) is 0 Å². The maximum atomic E-state index is 12.0. The number of ether oxygens (including phenoxy) is 1. The summed E-state index contributed by atoms with van der Waals surface area (Å²) in [6, 6.07) is 5.20. The highest BCUT2D eigenvalue weighted by Crippen LogP contribution is 2.20. The Morgan fingerprint density at radius 3 is 2.93 bits per heavy atom. The number of aryl methyl sites for hydroxylation is 1. The molecule has 0 aliphatic carbocycles. The van der Waals surface area contributed by atoms with Crippen molar-refractivity contribution < 1.29 is 18.9 Å². The van der Waals surface area contributed by atoms with Crippen LogP contribution in [-0.2, 0) is 22.7 Å². The number of nitro benzene ring substituents is 1. The standard InChI is InChI=1S/C18H14N4O7S/c23-15-8-11(19-17-21(15)6-7-30-17)10-28-16(24)2-1-5-20-13-4-3-12(22(26)27)9-14(13)29-18(20)25/h3-4,6-9H,1-2,5,10H2. The second-order valence-electron chi connectivity index (χ2n) is 6.33. The van der Waals surface area contributed by atoms with Gasteiger partial charge in [-0.1, -0.05) is 0 Å². The number of carbonyl (C=O) groups excluding carboxylic acids is 1. The Hall–Kier alpha value is -3.80. The number of aromatic nitrogens is 3. The molecule has 4 aromatic rings. The molecule has 3 aromatic heterocycles. The normalized spacial score (nSPS) is 11.2. The van der Waals surface area contributed by atoms with Crippen molar-refractivity contribution in [2.24, 2.45) is 0 Å². The summed E-state index contributed by atoms with van der Waals surface area (Å²) < 4.78 is 12.9. The molecule has 11 nitrogen and oxygen atoms in total. The number of non-ortho nitro benzene ring substituents is 1. The lowest BCUT2D eigenvalue weighted by atomic mass is 10.2. The summed E-state index contributed by atoms with van der Waals surface area (Å²) in [5.41, 5.74) is 0.445. The predicted octanol–water partition coefficient (Wildman–Crippen LogP) is 2.10. The number of esters is 1. The lowest BCUT2D eigenvalue weighted by Crippen LogP contribution is -2.16. The largest absolute Gasteiger partial charge is 0.459 e. The van der Waals surface area contributed by atoms with Gasteiger partial charge in [-0.25, -0.2) is 9.78 Å². The Balaban J connectivity index is 1.35. The molecule has 0 amide bonds. The summed E-state index contributed by atoms with van der Waals surface area (Å²) in [5.74, 6) is -1.16. The average molecular weight is 430 g/mol. The van der Waals surface area contributed by atoms with Gasteiger partial charge in [0, 0.05) is 36.7 Å². The average Bonchev–Trinajstić information content (AvgIpc) is 3.30. The van der Waals surface area contributed by atoms with Crippen LogP contribution in [0.1, 0.15) is 18.5 Å². The molecule has 0 bridgehead atoms. The van der Waals surface area contributed by atoms with Gasteiger partial charge >= 0.3 is 11.7 Å². The number of nitrogens with zero attached hydrogens (tertiary/aromatic N) is 4. The lowest BCUT2D eigenvalue weighted by Gasteiger charge is -2.05. The molecule has 12 heteroatoms. The number of nitro groups is 1. The third-order valence-corrected chi connectivity index (χ3v) is 5.12. The van der Waals surface area contributed by atoms with Crippen LogP contribution >= 0.6 is 11.3 Å². The smallest absolute Gasteiger partial charge is 0.419 e. The number of fused-ring (bicyclic) bond motifs is 2. The fourth-order valence-corrected chi connectivity index (χ4v) is 3.69. The van der Waals surface area contributed by atoms with E-state index in [-0.39, 0.29) is 36.4 Å². The van der Waals surface area contributed by atoms with Gasteiger partial charge in [0.05, 0.1) is 22.2 Å². The molecule has 0 saturated heterocycles. The fourth-order valence-electron chi connectivity index (χ4n) is 2.95. The number of carbonyl (C=O) groups is 1. The van der Waals surface area contributed by atoms with E-state index >= 15 is 0 Å². The van der Waals surface area contributed by atoms with E-state index in [0.717, 1.165) is 0 Å². The van der Waals surface area contributed by atoms with Crippen molar-refractivity contribution >= 4 is 39.1 Å². The van der Waals surface area contributed by atoms with Gasteiger partial charge in [0.1, 0.15) is 6.61 Å². The summed E-state index contributed by atoms with van der Waals surface area (Å²) in [4.78, 5) is 50.9. The van der Waals surface area contributed by atoms with Crippen LogP contribution < -0.4 is 11.3 Å². The molecule has 0 spiro atoms. The van der Waals surface area contributed by atoms with Gasteiger partial charge in [0.15, 0.2) is 10.5 Å². The maximum absolute atomic E-state index is 12.0. The molecule has 154 valence electrons. The lowest BCUT2D eigenvalue weighted by molar-refractivity contribution is -0.384. The van der Waals surface area contributed by atoms with Crippen LogP contribution in [0.15, 0.2) is 49.8 Å². The van der Waals surface area contributed by atoms with Crippen LogP contribution in [0.4, 0.5) is 5.69 Å². The van der Waals surface area contributed by atoms with E-state index in [0.29, 0.717) is 22.6 Å². The van der Waals surface area contributed by atoms with E-state index in [4.69, 9.17) is 9.15 Å². The van der Waals surface area contributed by atoms with Crippen LogP contribution in [0.25, 0.3) is 16.1 Å². The minimum atomic E-state index is -0.659. The van der Waals surface area contributed by atoms with E-state index in [1.807, 2.05) is 0 Å². The van der Waals surface area contributed by atoms with Gasteiger partial charge in [-0.15, -0.1) is 11.3 Å². The highest BCUT2D eigenvalue weighted by atomic mass is 32.1. The zero-order valence-corrected chi connectivity index (χ0v) is 16.2. The van der Waals surface area contributed by atoms with E-state index in [9.17, 15) is 24.5 Å². The number of hydrogen-bond acceptors (Lipinski definition) is 9. The number of benzene rings is 1. The zero-order valence-electron chi connectivity index (χ0n) is 15.3. The second-order valence-corrected chi connectivity index (χ2v) is 7.21. The summed E-state index contributed by atoms with van der Waals surface area (Å²) in [6.45, 7) is 0.0558. The summed E-state index contributed by atoms with van der Waals surface area (Å²) in [5, 5.41) is 12.6. The zero-order chi connectivity index (χ0) is 21.3. The van der Waals surface area contributed by atoms with Crippen molar-refractivity contribution in [3.8, 4) is 0 Å². The van der Waals surface area contributed by atoms with Gasteiger partial charge < -0.3 is 9.15 Å². The molecule has 30 heavy (non-hydrogen) atoms. The van der Waals surface area contributed by atoms with Crippen LogP contribution in [0, 0.1) is 10.1 Å². The molecular weight excluding hydrogens is 416 g/mol. The first-order chi connectivity index (χ1) is 14.4. The van der Waals surface area contributed by atoms with Crippen molar-refractivity contribution in [3.05, 3.63) is 72.6 Å². The van der Waals surface area contributed by atoms with E-state index in [1.165, 1.54) is 44.6 Å². The molecule has 0 fully saturated rings. The van der Waals surface area contributed by atoms with Gasteiger partial charge in [0.25, 0.3) is 11.2 Å². The third kappa shape index (κ3) is 3.85.